The van der Waals surface area contributed by atoms with Gasteiger partial charge in [-0.1, -0.05) is 16.8 Å². The van der Waals surface area contributed by atoms with Crippen molar-refractivity contribution in [2.45, 2.75) is 12.8 Å². The predicted molar refractivity (Wildman–Crippen MR) is 81.0 cm³/mol. The number of nitrogens with zero attached hydrogens (tertiary/aromatic N) is 5. The Balaban J connectivity index is 2.05. The van der Waals surface area contributed by atoms with E-state index < -0.39 is 0 Å². The molecule has 116 valence electrons. The molecule has 0 bridgehead atoms. The average Bonchev–Trinajstić information content (AvgIpc) is 2.93. The Bertz CT molecular complexity index is 658. The molecule has 3 heterocycles. The first kappa shape index (κ1) is 14.6. The standard InChI is InChI=1S/C13H14ClN5O3/c1-22-16-12-5-3-10(19(20)21)13-17(6-7-18(12)13)9-2-4-11(14)15-8-9/h2,4,8H,3,5-7H2,1H3/b16-12+. The highest BCUT2D eigenvalue weighted by molar-refractivity contribution is 6.29. The molecular formula is C13H14ClN5O3. The summed E-state index contributed by atoms with van der Waals surface area (Å²) >= 11 is 5.80. The monoisotopic (exact) mass is 323 g/mol. The summed E-state index contributed by atoms with van der Waals surface area (Å²) in [7, 11) is 1.47. The van der Waals surface area contributed by atoms with Crippen molar-refractivity contribution in [2.75, 3.05) is 25.1 Å². The van der Waals surface area contributed by atoms with Crippen LogP contribution in [0, 0.1) is 10.1 Å². The minimum Gasteiger partial charge on any atom is -0.398 e. The zero-order valence-corrected chi connectivity index (χ0v) is 12.7. The highest BCUT2D eigenvalue weighted by Gasteiger charge is 2.40. The van der Waals surface area contributed by atoms with E-state index in [0.717, 1.165) is 5.69 Å². The van der Waals surface area contributed by atoms with Crippen LogP contribution in [0.2, 0.25) is 5.15 Å². The molecule has 1 saturated heterocycles. The number of allylic oxidation sites excluding steroid dienone is 1. The first-order chi connectivity index (χ1) is 10.6. The lowest BCUT2D eigenvalue weighted by atomic mass is 10.1. The first-order valence-electron chi connectivity index (χ1n) is 6.76. The molecule has 2 aliphatic rings. The molecule has 0 N–H and O–H groups in total. The molecule has 0 radical (unpaired) electrons. The zero-order chi connectivity index (χ0) is 15.7. The van der Waals surface area contributed by atoms with Crippen molar-refractivity contribution in [1.82, 2.24) is 9.88 Å². The summed E-state index contributed by atoms with van der Waals surface area (Å²) in [6.45, 7) is 1.22. The fourth-order valence-corrected chi connectivity index (χ4v) is 2.86. The number of hydrogen-bond donors (Lipinski definition) is 0. The quantitative estimate of drug-likeness (QED) is 0.481. The van der Waals surface area contributed by atoms with Gasteiger partial charge in [-0.15, -0.1) is 0 Å². The van der Waals surface area contributed by atoms with Crippen molar-refractivity contribution >= 4 is 23.1 Å². The van der Waals surface area contributed by atoms with Crippen LogP contribution in [0.1, 0.15) is 12.8 Å². The topological polar surface area (TPSA) is 84.1 Å². The van der Waals surface area contributed by atoms with Gasteiger partial charge in [-0.05, 0) is 12.1 Å². The van der Waals surface area contributed by atoms with Gasteiger partial charge in [0.2, 0.25) is 0 Å². The van der Waals surface area contributed by atoms with Gasteiger partial charge in [-0.2, -0.15) is 0 Å². The summed E-state index contributed by atoms with van der Waals surface area (Å²) in [6.07, 6.45) is 2.41. The largest absolute Gasteiger partial charge is 0.398 e. The van der Waals surface area contributed by atoms with E-state index >= 15 is 0 Å². The molecule has 0 atom stereocenters. The molecule has 1 aromatic rings. The number of rotatable bonds is 3. The summed E-state index contributed by atoms with van der Waals surface area (Å²) in [5.41, 5.74) is 0.947. The van der Waals surface area contributed by atoms with Gasteiger partial charge in [0.05, 0.1) is 16.8 Å². The van der Waals surface area contributed by atoms with E-state index in [-0.39, 0.29) is 10.6 Å². The SMILES string of the molecule is CO/N=C1\CCC([N+](=O)[O-])=C2N1CCN2c1ccc(Cl)nc1. The molecule has 0 aliphatic carbocycles. The third-order valence-electron chi connectivity index (χ3n) is 3.65. The van der Waals surface area contributed by atoms with Crippen molar-refractivity contribution in [1.29, 1.82) is 0 Å². The molecule has 0 spiro atoms. The summed E-state index contributed by atoms with van der Waals surface area (Å²) < 4.78 is 0. The third-order valence-corrected chi connectivity index (χ3v) is 3.88. The van der Waals surface area contributed by atoms with Gasteiger partial charge in [0.15, 0.2) is 11.7 Å². The maximum Gasteiger partial charge on any atom is 0.287 e. The number of fused-ring (bicyclic) bond motifs is 1. The maximum atomic E-state index is 11.4. The van der Waals surface area contributed by atoms with Gasteiger partial charge in [0, 0.05) is 25.9 Å². The van der Waals surface area contributed by atoms with E-state index in [1.54, 1.807) is 18.3 Å². The Morgan fingerprint density at radius 2 is 2.14 bits per heavy atom. The van der Waals surface area contributed by atoms with Gasteiger partial charge in [-0.25, -0.2) is 4.98 Å². The van der Waals surface area contributed by atoms with Crippen molar-refractivity contribution < 1.29 is 9.76 Å². The van der Waals surface area contributed by atoms with Crippen molar-refractivity contribution in [2.24, 2.45) is 5.16 Å². The van der Waals surface area contributed by atoms with E-state index in [1.165, 1.54) is 7.11 Å². The number of aromatic nitrogens is 1. The molecule has 1 aromatic heterocycles. The van der Waals surface area contributed by atoms with Crippen LogP contribution < -0.4 is 4.90 Å². The Hall–Kier alpha value is -2.35. The number of amidine groups is 1. The molecule has 9 heteroatoms. The molecule has 22 heavy (non-hydrogen) atoms. The van der Waals surface area contributed by atoms with Crippen LogP contribution in [0.25, 0.3) is 0 Å². The predicted octanol–water partition coefficient (Wildman–Crippen LogP) is 2.06. The molecule has 3 rings (SSSR count). The van der Waals surface area contributed by atoms with Crippen LogP contribution in [0.15, 0.2) is 35.0 Å². The number of halogens is 1. The van der Waals surface area contributed by atoms with Crippen molar-refractivity contribution in [3.05, 3.63) is 45.1 Å². The first-order valence-corrected chi connectivity index (χ1v) is 7.14. The lowest BCUT2D eigenvalue weighted by molar-refractivity contribution is -0.430. The van der Waals surface area contributed by atoms with Crippen molar-refractivity contribution in [3.8, 4) is 0 Å². The van der Waals surface area contributed by atoms with Crippen LogP contribution in [-0.4, -0.2) is 40.8 Å². The molecule has 2 aliphatic heterocycles. The molecular weight excluding hydrogens is 310 g/mol. The second kappa shape index (κ2) is 5.80. The minimum absolute atomic E-state index is 0.183. The second-order valence-corrected chi connectivity index (χ2v) is 5.25. The summed E-state index contributed by atoms with van der Waals surface area (Å²) in [5.74, 6) is 1.24. The van der Waals surface area contributed by atoms with E-state index in [4.69, 9.17) is 16.4 Å². The molecule has 0 amide bonds. The fraction of sp³-hybridized carbons (Fsp3) is 0.385. The average molecular weight is 324 g/mol. The highest BCUT2D eigenvalue weighted by atomic mass is 35.5. The van der Waals surface area contributed by atoms with E-state index in [2.05, 4.69) is 10.1 Å². The minimum atomic E-state index is -0.326. The lowest BCUT2D eigenvalue weighted by Crippen LogP contribution is -2.35. The molecule has 0 unspecified atom stereocenters. The van der Waals surface area contributed by atoms with Crippen LogP contribution in [0.3, 0.4) is 0 Å². The Kier molecular flexibility index (Phi) is 3.84. The smallest absolute Gasteiger partial charge is 0.287 e. The number of oxime groups is 1. The van der Waals surface area contributed by atoms with Crippen molar-refractivity contribution in [3.63, 3.8) is 0 Å². The van der Waals surface area contributed by atoms with Crippen LogP contribution >= 0.6 is 11.6 Å². The maximum absolute atomic E-state index is 11.4. The van der Waals surface area contributed by atoms with Gasteiger partial charge in [0.25, 0.3) is 5.70 Å². The number of anilines is 1. The van der Waals surface area contributed by atoms with Gasteiger partial charge >= 0.3 is 0 Å². The van der Waals surface area contributed by atoms with Crippen LogP contribution in [0.4, 0.5) is 5.69 Å². The van der Waals surface area contributed by atoms with Gasteiger partial charge < -0.3 is 14.6 Å². The Morgan fingerprint density at radius 1 is 1.36 bits per heavy atom. The number of nitro groups is 1. The lowest BCUT2D eigenvalue weighted by Gasteiger charge is -2.28. The normalized spacial score (nSPS) is 19.6. The molecule has 0 aromatic carbocycles. The molecule has 1 fully saturated rings. The molecule has 0 saturated carbocycles. The summed E-state index contributed by atoms with van der Waals surface area (Å²) in [5, 5.41) is 15.7. The number of pyridine rings is 1. The second-order valence-electron chi connectivity index (χ2n) is 4.86. The van der Waals surface area contributed by atoms with E-state index in [0.29, 0.717) is 42.7 Å². The summed E-state index contributed by atoms with van der Waals surface area (Å²) in [4.78, 5) is 23.6. The van der Waals surface area contributed by atoms with E-state index in [1.807, 2.05) is 9.80 Å². The summed E-state index contributed by atoms with van der Waals surface area (Å²) in [6, 6.07) is 3.46. The highest BCUT2D eigenvalue weighted by Crippen LogP contribution is 2.34. The fourth-order valence-electron chi connectivity index (χ4n) is 2.75. The van der Waals surface area contributed by atoms with Gasteiger partial charge in [0.1, 0.15) is 12.3 Å². The Labute approximate surface area is 131 Å². The number of hydrogen-bond acceptors (Lipinski definition) is 6. The van der Waals surface area contributed by atoms with Gasteiger partial charge in [-0.3, -0.25) is 10.1 Å². The van der Waals surface area contributed by atoms with Crippen LogP contribution in [-0.2, 0) is 4.84 Å². The third kappa shape index (κ3) is 2.45. The zero-order valence-electron chi connectivity index (χ0n) is 11.9. The van der Waals surface area contributed by atoms with E-state index in [9.17, 15) is 10.1 Å². The van der Waals surface area contributed by atoms with Crippen LogP contribution in [0.5, 0.6) is 0 Å². The molecule has 8 nitrogen and oxygen atoms in total. The Morgan fingerprint density at radius 3 is 2.77 bits per heavy atom.